The van der Waals surface area contributed by atoms with E-state index < -0.39 is 0 Å². The molecule has 0 fully saturated rings. The molecule has 0 aliphatic heterocycles. The summed E-state index contributed by atoms with van der Waals surface area (Å²) < 4.78 is 7.36. The van der Waals surface area contributed by atoms with E-state index in [9.17, 15) is 0 Å². The first-order valence-corrected chi connectivity index (χ1v) is 6.12. The van der Waals surface area contributed by atoms with Crippen LogP contribution in [0.5, 0.6) is 5.75 Å². The highest BCUT2D eigenvalue weighted by Crippen LogP contribution is 2.21. The van der Waals surface area contributed by atoms with Crippen molar-refractivity contribution in [3.63, 3.8) is 0 Å². The molecule has 6 heteroatoms. The number of hydrogen-bond acceptors (Lipinski definition) is 3. The Labute approximate surface area is 116 Å². The van der Waals surface area contributed by atoms with Crippen molar-refractivity contribution in [2.24, 2.45) is 12.8 Å². The van der Waals surface area contributed by atoms with Gasteiger partial charge in [0.2, 0.25) is 0 Å². The Kier molecular flexibility index (Phi) is 3.76. The topological polar surface area (TPSA) is 76.9 Å². The summed E-state index contributed by atoms with van der Waals surface area (Å²) in [6, 6.07) is 7.08. The maximum absolute atomic E-state index is 7.39. The number of aryl methyl sites for hydroxylation is 2. The van der Waals surface area contributed by atoms with Crippen molar-refractivity contribution in [3.8, 4) is 5.75 Å². The van der Waals surface area contributed by atoms with Crippen LogP contribution in [-0.2, 0) is 13.7 Å². The highest BCUT2D eigenvalue weighted by atomic mass is 35.5. The van der Waals surface area contributed by atoms with E-state index in [2.05, 4.69) is 5.10 Å². The minimum atomic E-state index is 0.0138. The lowest BCUT2D eigenvalue weighted by Gasteiger charge is -2.08. The van der Waals surface area contributed by atoms with Crippen LogP contribution in [-0.4, -0.2) is 15.6 Å². The van der Waals surface area contributed by atoms with Crippen LogP contribution in [0.15, 0.2) is 24.3 Å². The molecule has 0 saturated carbocycles. The minimum Gasteiger partial charge on any atom is -0.487 e. The highest BCUT2D eigenvalue weighted by Gasteiger charge is 2.11. The minimum absolute atomic E-state index is 0.0138. The molecule has 5 nitrogen and oxygen atoms in total. The molecule has 0 saturated heterocycles. The number of halogens is 1. The number of nitrogens with zero attached hydrogens (tertiary/aromatic N) is 2. The fourth-order valence-electron chi connectivity index (χ4n) is 1.74. The molecule has 100 valence electrons. The average molecular weight is 279 g/mol. The van der Waals surface area contributed by atoms with Crippen molar-refractivity contribution in [3.05, 3.63) is 46.2 Å². The second-order valence-corrected chi connectivity index (χ2v) is 4.58. The number of amidine groups is 1. The van der Waals surface area contributed by atoms with Crippen LogP contribution in [0, 0.1) is 12.3 Å². The van der Waals surface area contributed by atoms with Gasteiger partial charge < -0.3 is 10.5 Å². The zero-order chi connectivity index (χ0) is 14.0. The summed E-state index contributed by atoms with van der Waals surface area (Å²) in [4.78, 5) is 0. The number of nitrogens with two attached hydrogens (primary N) is 1. The Hall–Kier alpha value is -2.01. The molecule has 0 atom stereocenters. The molecule has 1 aromatic heterocycles. The number of hydrogen-bond donors (Lipinski definition) is 2. The standard InChI is InChI=1S/C13H15ClN4O/c1-8-12(14)11(18(2)17-8)7-19-10-5-3-4-9(6-10)13(15)16/h3-6H,7H2,1-2H3,(H3,15,16). The predicted octanol–water partition coefficient (Wildman–Crippen LogP) is 2.24. The molecule has 0 aliphatic carbocycles. The number of nitrogen functional groups attached to an aromatic ring is 1. The highest BCUT2D eigenvalue weighted by molar-refractivity contribution is 6.31. The van der Waals surface area contributed by atoms with Gasteiger partial charge in [0.1, 0.15) is 18.2 Å². The lowest BCUT2D eigenvalue weighted by Crippen LogP contribution is -2.11. The van der Waals surface area contributed by atoms with Gasteiger partial charge in [-0.2, -0.15) is 5.10 Å². The van der Waals surface area contributed by atoms with Gasteiger partial charge in [0.25, 0.3) is 0 Å². The van der Waals surface area contributed by atoms with E-state index in [1.54, 1.807) is 22.9 Å². The van der Waals surface area contributed by atoms with Crippen molar-refractivity contribution in [1.82, 2.24) is 9.78 Å². The van der Waals surface area contributed by atoms with Crippen LogP contribution in [0.4, 0.5) is 0 Å². The molecule has 1 heterocycles. The second-order valence-electron chi connectivity index (χ2n) is 4.20. The van der Waals surface area contributed by atoms with Crippen LogP contribution >= 0.6 is 11.6 Å². The number of aromatic nitrogens is 2. The normalized spacial score (nSPS) is 10.5. The third kappa shape index (κ3) is 2.88. The van der Waals surface area contributed by atoms with E-state index >= 15 is 0 Å². The summed E-state index contributed by atoms with van der Waals surface area (Å²) in [5.41, 5.74) is 7.65. The van der Waals surface area contributed by atoms with Gasteiger partial charge in [0.15, 0.2) is 0 Å². The predicted molar refractivity (Wildman–Crippen MR) is 74.7 cm³/mol. The van der Waals surface area contributed by atoms with E-state index in [1.165, 1.54) is 0 Å². The van der Waals surface area contributed by atoms with Crippen molar-refractivity contribution >= 4 is 17.4 Å². The van der Waals surface area contributed by atoms with E-state index in [0.29, 0.717) is 22.9 Å². The van der Waals surface area contributed by atoms with Gasteiger partial charge in [-0.05, 0) is 19.1 Å². The van der Waals surface area contributed by atoms with Crippen LogP contribution < -0.4 is 10.5 Å². The van der Waals surface area contributed by atoms with E-state index in [4.69, 9.17) is 27.5 Å². The van der Waals surface area contributed by atoms with Gasteiger partial charge in [0.05, 0.1) is 16.4 Å². The van der Waals surface area contributed by atoms with Gasteiger partial charge in [-0.1, -0.05) is 23.7 Å². The summed E-state index contributed by atoms with van der Waals surface area (Å²) in [5, 5.41) is 12.2. The molecule has 0 unspecified atom stereocenters. The van der Waals surface area contributed by atoms with Gasteiger partial charge in [0, 0.05) is 12.6 Å². The fourth-order valence-corrected chi connectivity index (χ4v) is 1.96. The fraction of sp³-hybridized carbons (Fsp3) is 0.231. The molecule has 0 aliphatic rings. The maximum Gasteiger partial charge on any atom is 0.131 e. The lowest BCUT2D eigenvalue weighted by atomic mass is 10.2. The molecule has 19 heavy (non-hydrogen) atoms. The van der Waals surface area contributed by atoms with Crippen molar-refractivity contribution in [2.45, 2.75) is 13.5 Å². The molecule has 0 bridgehead atoms. The molecule has 1 aromatic carbocycles. The van der Waals surface area contributed by atoms with Crippen molar-refractivity contribution in [1.29, 1.82) is 5.41 Å². The molecule has 2 rings (SSSR count). The maximum atomic E-state index is 7.39. The first-order chi connectivity index (χ1) is 8.99. The van der Waals surface area contributed by atoms with Gasteiger partial charge in [-0.25, -0.2) is 0 Å². The first kappa shape index (κ1) is 13.4. The molecule has 3 N–H and O–H groups in total. The van der Waals surface area contributed by atoms with Crippen LogP contribution in [0.3, 0.4) is 0 Å². The lowest BCUT2D eigenvalue weighted by molar-refractivity contribution is 0.295. The van der Waals surface area contributed by atoms with Crippen molar-refractivity contribution < 1.29 is 4.74 Å². The third-order valence-corrected chi connectivity index (χ3v) is 3.27. The van der Waals surface area contributed by atoms with Crippen LogP contribution in [0.2, 0.25) is 5.02 Å². The molecule has 2 aromatic rings. The summed E-state index contributed by atoms with van der Waals surface area (Å²) in [6.45, 7) is 2.17. The Bertz CT molecular complexity index is 621. The number of ether oxygens (including phenoxy) is 1. The molecular weight excluding hydrogens is 264 g/mol. The quantitative estimate of drug-likeness (QED) is 0.665. The summed E-state index contributed by atoms with van der Waals surface area (Å²) in [5.74, 6) is 0.655. The van der Waals surface area contributed by atoms with Gasteiger partial charge in [-0.15, -0.1) is 0 Å². The van der Waals surface area contributed by atoms with E-state index in [1.807, 2.05) is 20.0 Å². The molecule has 0 amide bonds. The number of rotatable bonds is 4. The zero-order valence-electron chi connectivity index (χ0n) is 10.8. The second kappa shape index (κ2) is 5.32. The largest absolute Gasteiger partial charge is 0.487 e. The summed E-state index contributed by atoms with van der Waals surface area (Å²) in [7, 11) is 1.82. The molecular formula is C13H15ClN4O. The number of nitrogens with one attached hydrogen (secondary N) is 1. The zero-order valence-corrected chi connectivity index (χ0v) is 11.5. The van der Waals surface area contributed by atoms with Crippen molar-refractivity contribution in [2.75, 3.05) is 0 Å². The third-order valence-electron chi connectivity index (χ3n) is 2.78. The Balaban J connectivity index is 2.14. The van der Waals surface area contributed by atoms with Crippen LogP contribution in [0.25, 0.3) is 0 Å². The average Bonchev–Trinajstić information content (AvgIpc) is 2.61. The Morgan fingerprint density at radius 2 is 2.26 bits per heavy atom. The number of benzene rings is 1. The smallest absolute Gasteiger partial charge is 0.131 e. The SMILES string of the molecule is Cc1nn(C)c(COc2cccc(C(=N)N)c2)c1Cl. The molecule has 0 spiro atoms. The first-order valence-electron chi connectivity index (χ1n) is 5.74. The monoisotopic (exact) mass is 278 g/mol. The van der Waals surface area contributed by atoms with E-state index in [0.717, 1.165) is 11.4 Å². The molecule has 0 radical (unpaired) electrons. The summed E-state index contributed by atoms with van der Waals surface area (Å²) in [6.07, 6.45) is 0. The Morgan fingerprint density at radius 3 is 2.84 bits per heavy atom. The van der Waals surface area contributed by atoms with Gasteiger partial charge >= 0.3 is 0 Å². The van der Waals surface area contributed by atoms with E-state index in [-0.39, 0.29) is 5.84 Å². The van der Waals surface area contributed by atoms with Crippen LogP contribution in [0.1, 0.15) is 17.0 Å². The Morgan fingerprint density at radius 1 is 1.53 bits per heavy atom. The van der Waals surface area contributed by atoms with Gasteiger partial charge in [-0.3, -0.25) is 10.1 Å². The summed E-state index contributed by atoms with van der Waals surface area (Å²) >= 11 is 6.14.